The van der Waals surface area contributed by atoms with Gasteiger partial charge in [-0.25, -0.2) is 29.9 Å². The molecule has 0 atom stereocenters. The summed E-state index contributed by atoms with van der Waals surface area (Å²) in [5.41, 5.74) is 3.98. The SMILES string of the molecule is CCCCCOc1c(Sc2ccccc2)c(Sc2ccccc2)c(OCCCCC)c2c1-c1nc-2nc2[nH]c(nc3nc(nc4[nH]c(n1)c1c(OCCCCC)c(Sc5ccccc5)c(Sc5ccccc5)c(OCCCCC)c41)-c1c(OCCCCC)c(Sc4ccccc4)c(Sc4ccccc4)c(OCCCCC)c1-3)c1c(OCCCCC)c(Sc3ccccc3)c(Sc3ccccc3)c(OCCCCC)c21. The molecule has 16 nitrogen and oxygen atoms in total. The zero-order valence-corrected chi connectivity index (χ0v) is 90.5. The van der Waals surface area contributed by atoms with E-state index < -0.39 is 0 Å². The summed E-state index contributed by atoms with van der Waals surface area (Å²) in [5.74, 6) is 5.97. The van der Waals surface area contributed by atoms with Gasteiger partial charge in [-0.15, -0.1) is 0 Å². The van der Waals surface area contributed by atoms with E-state index in [4.69, 9.17) is 67.8 Å². The lowest BCUT2D eigenvalue weighted by Gasteiger charge is -2.23. The first-order valence-electron chi connectivity index (χ1n) is 51.8. The highest BCUT2D eigenvalue weighted by atomic mass is 32.2. The maximum Gasteiger partial charge on any atom is 0.168 e. The van der Waals surface area contributed by atoms with Gasteiger partial charge in [0.05, 0.1) is 136 Å². The molecule has 144 heavy (non-hydrogen) atoms. The van der Waals surface area contributed by atoms with Crippen molar-refractivity contribution in [2.45, 2.75) is 288 Å². The number of aromatic nitrogens is 8. The van der Waals surface area contributed by atoms with Crippen molar-refractivity contribution in [3.63, 3.8) is 0 Å². The Morgan fingerprint density at radius 2 is 0.312 bits per heavy atom. The van der Waals surface area contributed by atoms with Crippen LogP contribution in [0.15, 0.2) is 321 Å². The minimum atomic E-state index is 0.305. The van der Waals surface area contributed by atoms with Gasteiger partial charge in [-0.2, -0.15) is 0 Å². The van der Waals surface area contributed by atoms with Crippen molar-refractivity contribution in [2.24, 2.45) is 0 Å². The van der Waals surface area contributed by atoms with Gasteiger partial charge < -0.3 is 47.9 Å². The second-order valence-electron chi connectivity index (χ2n) is 35.6. The fourth-order valence-corrected chi connectivity index (χ4v) is 26.0. The monoisotopic (exact) mass is 2070 g/mol. The van der Waals surface area contributed by atoms with E-state index in [0.717, 1.165) is 232 Å². The Morgan fingerprint density at radius 3 is 0.458 bits per heavy atom. The van der Waals surface area contributed by atoms with Gasteiger partial charge in [0.15, 0.2) is 23.3 Å². The average Bonchev–Trinajstić information content (AvgIpc) is 1.55. The molecule has 5 heterocycles. The molecular formula is C120H130N8O8S8. The smallest absolute Gasteiger partial charge is 0.168 e. The fourth-order valence-electron chi connectivity index (χ4n) is 17.3. The summed E-state index contributed by atoms with van der Waals surface area (Å²) in [6, 6.07) is 85.0. The maximum absolute atomic E-state index is 7.84. The van der Waals surface area contributed by atoms with E-state index in [0.29, 0.717) is 189 Å². The number of H-pyrrole nitrogens is 2. The van der Waals surface area contributed by atoms with Gasteiger partial charge in [0.2, 0.25) is 0 Å². The van der Waals surface area contributed by atoms with Crippen LogP contribution in [-0.4, -0.2) is 92.7 Å². The van der Waals surface area contributed by atoms with Crippen LogP contribution in [0, 0.1) is 0 Å². The zero-order valence-electron chi connectivity index (χ0n) is 83.9. The van der Waals surface area contributed by atoms with Crippen molar-refractivity contribution in [1.82, 2.24) is 39.9 Å². The second-order valence-corrected chi connectivity index (χ2v) is 44.3. The lowest BCUT2D eigenvalue weighted by Crippen LogP contribution is -2.06. The van der Waals surface area contributed by atoms with Gasteiger partial charge in [-0.05, 0) is 148 Å². The Hall–Kier alpha value is -10.8. The Kier molecular flexibility index (Phi) is 39.2. The van der Waals surface area contributed by atoms with Gasteiger partial charge in [0.1, 0.15) is 68.6 Å². The Morgan fingerprint density at radius 1 is 0.174 bits per heavy atom. The summed E-state index contributed by atoms with van der Waals surface area (Å²) in [5, 5.41) is 2.52. The molecule has 0 saturated carbocycles. The highest BCUT2D eigenvalue weighted by Gasteiger charge is 2.41. The van der Waals surface area contributed by atoms with Crippen LogP contribution in [0.25, 0.3) is 89.7 Å². The first kappa shape index (κ1) is 105. The molecule has 0 spiro atoms. The molecule has 2 N–H and O–H groups in total. The van der Waals surface area contributed by atoms with Crippen molar-refractivity contribution in [1.29, 1.82) is 0 Å². The lowest BCUT2D eigenvalue weighted by molar-refractivity contribution is 0.287. The first-order chi connectivity index (χ1) is 71.2. The summed E-state index contributed by atoms with van der Waals surface area (Å²) in [6.07, 6.45) is 21.3. The molecule has 15 aromatic rings. The molecular weight excluding hydrogens is 1940 g/mol. The van der Waals surface area contributed by atoms with Crippen LogP contribution in [-0.2, 0) is 0 Å². The van der Waals surface area contributed by atoms with Gasteiger partial charge in [0.25, 0.3) is 0 Å². The van der Waals surface area contributed by atoms with Crippen LogP contribution in [0.3, 0.4) is 0 Å². The van der Waals surface area contributed by atoms with E-state index in [2.05, 4.69) is 308 Å². The Labute approximate surface area is 883 Å². The molecule has 3 aromatic heterocycles. The van der Waals surface area contributed by atoms with Crippen molar-refractivity contribution in [2.75, 3.05) is 52.9 Å². The minimum absolute atomic E-state index is 0.305. The molecule has 0 radical (unpaired) electrons. The predicted molar refractivity (Wildman–Crippen MR) is 601 cm³/mol. The normalized spacial score (nSPS) is 11.6. The predicted octanol–water partition coefficient (Wildman–Crippen LogP) is 36.6. The first-order valence-corrected chi connectivity index (χ1v) is 58.4. The van der Waals surface area contributed by atoms with Gasteiger partial charge >= 0.3 is 0 Å². The number of nitrogens with zero attached hydrogens (tertiary/aromatic N) is 6. The van der Waals surface area contributed by atoms with Crippen LogP contribution < -0.4 is 37.9 Å². The van der Waals surface area contributed by atoms with Crippen LogP contribution in [0.4, 0.5) is 0 Å². The third-order valence-corrected chi connectivity index (χ3v) is 33.9. The quantitative estimate of drug-likeness (QED) is 0.0343. The molecule has 12 aromatic carbocycles. The van der Waals surface area contributed by atoms with Crippen molar-refractivity contribution in [3.8, 4) is 91.5 Å². The van der Waals surface area contributed by atoms with Crippen LogP contribution in [0.2, 0.25) is 0 Å². The summed E-state index contributed by atoms with van der Waals surface area (Å²) in [4.78, 5) is 60.8. The molecule has 0 aliphatic carbocycles. The number of unbranched alkanes of at least 4 members (excludes halogenated alkanes) is 16. The summed E-state index contributed by atoms with van der Waals surface area (Å²) in [7, 11) is 0. The van der Waals surface area contributed by atoms with Crippen LogP contribution in [0.1, 0.15) is 209 Å². The highest BCUT2D eigenvalue weighted by molar-refractivity contribution is 8.04. The molecule has 24 heteroatoms. The van der Waals surface area contributed by atoms with Crippen LogP contribution in [0.5, 0.6) is 46.0 Å². The van der Waals surface area contributed by atoms with E-state index in [1.807, 2.05) is 0 Å². The standard InChI is InChI=1S/C120H130N8O8S8/c1-9-17-49-73-129-97-89-90(98(130-74-50-18-10-2)106(138-82-59-35-26-36-60-82)105(97)137-81-57-33-25-34-58-81)114-121-113(89)125-115-91-92(100(132-76-52-20-12-4)108(140-84-63-39-28-40-64-84)107(99(91)131-75-51-19-11-3)139-83-61-37-27-38-62-83)117(122-115)127-119-95-96(104(136-80-56-24-16-8)112(144-88-71-47-32-48-72-88)111(103(95)135-79-55-23-15-7)143-87-69-45-31-46-70-87)120(124-119)128-118-94-93(116(123-118)126-114)101(133-77-53-21-13-5)109(141-85-65-41-29-42-66-85)110(102(94)134-78-54-22-14-6)142-86-67-43-30-44-68-86/h25-48,57-72H,9-24,49-56,73-80H2,1-8H3,(H2,121,122,123,124,125,126,127,128). The number of rotatable bonds is 56. The minimum Gasteiger partial charge on any atom is -0.492 e. The topological polar surface area (TPSA) is 183 Å². The molecule has 0 saturated heterocycles. The third kappa shape index (κ3) is 25.9. The number of benzene rings is 12. The molecule has 746 valence electrons. The summed E-state index contributed by atoms with van der Waals surface area (Å²) < 4.78 is 62.7. The number of nitrogens with one attached hydrogen (secondary N) is 2. The lowest BCUT2D eigenvalue weighted by atomic mass is 10.0. The molecule has 0 unspecified atom stereocenters. The summed E-state index contributed by atoms with van der Waals surface area (Å²) in [6.45, 7) is 20.8. The van der Waals surface area contributed by atoms with Crippen LogP contribution >= 0.6 is 94.1 Å². The van der Waals surface area contributed by atoms with Crippen molar-refractivity contribution >= 4 is 138 Å². The fraction of sp³-hybridized carbons (Fsp3) is 0.333. The van der Waals surface area contributed by atoms with E-state index in [-0.39, 0.29) is 0 Å². The highest BCUT2D eigenvalue weighted by Crippen LogP contribution is 2.64. The third-order valence-electron chi connectivity index (χ3n) is 24.6. The number of fused-ring (bicyclic) bond motifs is 20. The van der Waals surface area contributed by atoms with E-state index >= 15 is 0 Å². The van der Waals surface area contributed by atoms with E-state index in [9.17, 15) is 0 Å². The van der Waals surface area contributed by atoms with Gasteiger partial charge in [0, 0.05) is 39.2 Å². The van der Waals surface area contributed by atoms with E-state index in [1.54, 1.807) is 94.1 Å². The molecule has 0 fully saturated rings. The van der Waals surface area contributed by atoms with Crippen molar-refractivity contribution in [3.05, 3.63) is 243 Å². The maximum atomic E-state index is 7.84. The second kappa shape index (κ2) is 54.0. The largest absolute Gasteiger partial charge is 0.492 e. The number of aromatic amines is 2. The molecule has 8 bridgehead atoms. The average molecular weight is 2070 g/mol. The van der Waals surface area contributed by atoms with Gasteiger partial charge in [-0.1, -0.05) is 398 Å². The number of ether oxygens (including phenoxy) is 8. The molecule has 0 amide bonds. The van der Waals surface area contributed by atoms with Gasteiger partial charge in [-0.3, -0.25) is 0 Å². The number of hydrogen-bond donors (Lipinski definition) is 2. The summed E-state index contributed by atoms with van der Waals surface area (Å²) >= 11 is 13.2. The number of hydrogen-bond acceptors (Lipinski definition) is 22. The molecule has 2 aliphatic rings. The van der Waals surface area contributed by atoms with E-state index in [1.165, 1.54) is 0 Å². The Bertz CT molecular complexity index is 6090. The Balaban J connectivity index is 1.18. The zero-order chi connectivity index (χ0) is 99.0. The molecule has 17 rings (SSSR count). The van der Waals surface area contributed by atoms with Crippen molar-refractivity contribution < 1.29 is 37.9 Å². The molecule has 2 aliphatic heterocycles.